The van der Waals surface area contributed by atoms with Gasteiger partial charge in [0.15, 0.2) is 23.2 Å². The smallest absolute Gasteiger partial charge is 0.289 e. The van der Waals surface area contributed by atoms with Crippen molar-refractivity contribution >= 4 is 27.9 Å². The molecule has 1 amide bonds. The number of rotatable bonds is 7. The number of hydrogen-bond donors (Lipinski definition) is 3. The first-order chi connectivity index (χ1) is 19.3. The molecule has 3 heterocycles. The normalized spacial score (nSPS) is 16.8. The van der Waals surface area contributed by atoms with Crippen LogP contribution in [0.25, 0.3) is 0 Å². The lowest BCUT2D eigenvalue weighted by Crippen LogP contribution is -2.53. The van der Waals surface area contributed by atoms with E-state index < -0.39 is 20.8 Å². The zero-order valence-corrected chi connectivity index (χ0v) is 22.9. The summed E-state index contributed by atoms with van der Waals surface area (Å²) in [6.07, 6.45) is 1.45. The Hall–Kier alpha value is -3.95. The molecule has 1 atom stereocenters. The van der Waals surface area contributed by atoms with Crippen molar-refractivity contribution in [3.05, 3.63) is 88.9 Å². The summed E-state index contributed by atoms with van der Waals surface area (Å²) in [5.41, 5.74) is 13.6. The quantitative estimate of drug-likeness (QED) is 0.225. The molecule has 208 valence electrons. The lowest BCUT2D eigenvalue weighted by molar-refractivity contribution is -0.108. The summed E-state index contributed by atoms with van der Waals surface area (Å²) in [4.78, 5) is 26.6. The van der Waals surface area contributed by atoms with E-state index >= 15 is 0 Å². The molecule has 40 heavy (non-hydrogen) atoms. The standard InChI is InChI=1S/C29H31N5O5S/c1-31-32-27(19-35)40(37,38)34-20-29(24-17-22(18-30)8-11-25(24)34)13-15-33(16-14-29)28(36)26-12-10-23(39-26)9-7-21-5-3-2-4-6-21/h2-6,8,10-12,17,19,27,31-32H,13-16,18,20,30H2,1H3. The van der Waals surface area contributed by atoms with E-state index in [-0.39, 0.29) is 18.2 Å². The Morgan fingerprint density at radius 3 is 2.55 bits per heavy atom. The largest absolute Gasteiger partial charge is 0.443 e. The van der Waals surface area contributed by atoms with Gasteiger partial charge in [0.1, 0.15) is 0 Å². The van der Waals surface area contributed by atoms with Gasteiger partial charge < -0.3 is 19.8 Å². The minimum Gasteiger partial charge on any atom is -0.443 e. The minimum atomic E-state index is -4.07. The second-order valence-electron chi connectivity index (χ2n) is 9.91. The van der Waals surface area contributed by atoms with Crippen molar-refractivity contribution in [2.24, 2.45) is 5.73 Å². The fourth-order valence-corrected chi connectivity index (χ4v) is 6.92. The zero-order chi connectivity index (χ0) is 28.3. The van der Waals surface area contributed by atoms with Gasteiger partial charge in [-0.25, -0.2) is 13.8 Å². The molecule has 1 aromatic heterocycles. The van der Waals surface area contributed by atoms with Crippen molar-refractivity contribution in [2.75, 3.05) is 31.0 Å². The molecule has 4 N–H and O–H groups in total. The molecule has 0 bridgehead atoms. The predicted octanol–water partition coefficient (Wildman–Crippen LogP) is 1.71. The van der Waals surface area contributed by atoms with Crippen LogP contribution in [0.15, 0.2) is 65.1 Å². The second-order valence-corrected chi connectivity index (χ2v) is 11.9. The van der Waals surface area contributed by atoms with E-state index in [4.69, 9.17) is 10.2 Å². The van der Waals surface area contributed by atoms with Gasteiger partial charge in [0, 0.05) is 37.2 Å². The number of aldehydes is 1. The van der Waals surface area contributed by atoms with Gasteiger partial charge in [-0.2, -0.15) is 0 Å². The van der Waals surface area contributed by atoms with Gasteiger partial charge in [0.05, 0.1) is 5.69 Å². The fraction of sp³-hybridized carbons (Fsp3) is 0.310. The average molecular weight is 562 g/mol. The van der Waals surface area contributed by atoms with Crippen LogP contribution in [0.5, 0.6) is 0 Å². The van der Waals surface area contributed by atoms with Crippen molar-refractivity contribution < 1.29 is 22.4 Å². The molecule has 2 aliphatic rings. The summed E-state index contributed by atoms with van der Waals surface area (Å²) < 4.78 is 34.0. The summed E-state index contributed by atoms with van der Waals surface area (Å²) >= 11 is 0. The van der Waals surface area contributed by atoms with E-state index in [1.807, 2.05) is 36.4 Å². The number of furan rings is 1. The molecule has 0 aliphatic carbocycles. The van der Waals surface area contributed by atoms with Crippen molar-refractivity contribution in [1.29, 1.82) is 0 Å². The van der Waals surface area contributed by atoms with Gasteiger partial charge in [-0.15, -0.1) is 0 Å². The number of sulfonamides is 1. The number of likely N-dealkylation sites (tertiary alicyclic amines) is 1. The van der Waals surface area contributed by atoms with Crippen LogP contribution in [0.4, 0.5) is 5.69 Å². The van der Waals surface area contributed by atoms with Gasteiger partial charge in [0.2, 0.25) is 0 Å². The Balaban J connectivity index is 1.35. The number of carbonyl (C=O) groups excluding carboxylic acids is 2. The number of amides is 1. The van der Waals surface area contributed by atoms with Crippen LogP contribution in [0.3, 0.4) is 0 Å². The predicted molar refractivity (Wildman–Crippen MR) is 151 cm³/mol. The van der Waals surface area contributed by atoms with E-state index in [1.165, 1.54) is 11.4 Å². The number of anilines is 1. The van der Waals surface area contributed by atoms with E-state index in [1.54, 1.807) is 29.2 Å². The Bertz CT molecular complexity index is 1570. The highest BCUT2D eigenvalue weighted by atomic mass is 32.2. The lowest BCUT2D eigenvalue weighted by atomic mass is 9.74. The van der Waals surface area contributed by atoms with Crippen LogP contribution in [0.2, 0.25) is 0 Å². The number of nitrogens with two attached hydrogens (primary N) is 1. The third-order valence-electron chi connectivity index (χ3n) is 7.55. The third kappa shape index (κ3) is 5.14. The third-order valence-corrected chi connectivity index (χ3v) is 9.36. The summed E-state index contributed by atoms with van der Waals surface area (Å²) in [5.74, 6) is 6.34. The van der Waals surface area contributed by atoms with E-state index in [0.29, 0.717) is 50.2 Å². The number of hydrogen-bond acceptors (Lipinski definition) is 8. The van der Waals surface area contributed by atoms with Gasteiger partial charge in [0.25, 0.3) is 15.9 Å². The molecular formula is C29H31N5O5S. The molecule has 0 radical (unpaired) electrons. The SMILES string of the molecule is CNNC(C=O)S(=O)(=O)N1CC2(CCN(C(=O)c3ccc(C#Cc4ccccc4)o3)CC2)c2cc(CN)ccc21. The molecule has 2 aliphatic heterocycles. The molecule has 11 heteroatoms. The molecule has 1 spiro atoms. The number of nitrogens with zero attached hydrogens (tertiary/aromatic N) is 2. The van der Waals surface area contributed by atoms with Crippen molar-refractivity contribution in [2.45, 2.75) is 30.2 Å². The Morgan fingerprint density at radius 2 is 1.88 bits per heavy atom. The number of fused-ring (bicyclic) bond motifs is 2. The summed E-state index contributed by atoms with van der Waals surface area (Å²) in [6.45, 7) is 1.32. The fourth-order valence-electron chi connectivity index (χ4n) is 5.38. The average Bonchev–Trinajstić information content (AvgIpc) is 3.58. The maximum absolute atomic E-state index is 13.5. The molecule has 3 aromatic rings. The monoisotopic (exact) mass is 561 g/mol. The molecule has 1 unspecified atom stereocenters. The Kier molecular flexibility index (Phi) is 7.78. The van der Waals surface area contributed by atoms with Crippen molar-refractivity contribution in [3.8, 4) is 11.8 Å². The number of nitrogens with one attached hydrogen (secondary N) is 2. The molecular weight excluding hydrogens is 530 g/mol. The number of piperidine rings is 1. The van der Waals surface area contributed by atoms with Gasteiger partial charge in [-0.05, 0) is 67.3 Å². The molecule has 10 nitrogen and oxygen atoms in total. The van der Waals surface area contributed by atoms with E-state index in [9.17, 15) is 18.0 Å². The van der Waals surface area contributed by atoms with Crippen LogP contribution in [-0.4, -0.2) is 57.6 Å². The first kappa shape index (κ1) is 27.6. The van der Waals surface area contributed by atoms with E-state index in [2.05, 4.69) is 22.7 Å². The van der Waals surface area contributed by atoms with Crippen molar-refractivity contribution in [3.63, 3.8) is 0 Å². The Labute approximate surface area is 233 Å². The lowest BCUT2D eigenvalue weighted by Gasteiger charge is -2.39. The Morgan fingerprint density at radius 1 is 1.12 bits per heavy atom. The zero-order valence-electron chi connectivity index (χ0n) is 22.1. The first-order valence-electron chi connectivity index (χ1n) is 13.0. The van der Waals surface area contributed by atoms with Crippen molar-refractivity contribution in [1.82, 2.24) is 15.8 Å². The maximum Gasteiger partial charge on any atom is 0.289 e. The van der Waals surface area contributed by atoms with Crippen LogP contribution in [0.1, 0.15) is 45.8 Å². The molecule has 5 rings (SSSR count). The van der Waals surface area contributed by atoms with E-state index in [0.717, 1.165) is 16.7 Å². The van der Waals surface area contributed by atoms with Gasteiger partial charge >= 0.3 is 0 Å². The summed E-state index contributed by atoms with van der Waals surface area (Å²) in [5, 5.41) is -1.45. The molecule has 1 fully saturated rings. The topological polar surface area (TPSA) is 138 Å². The summed E-state index contributed by atoms with van der Waals surface area (Å²) in [6, 6.07) is 18.3. The summed E-state index contributed by atoms with van der Waals surface area (Å²) in [7, 11) is -2.56. The van der Waals surface area contributed by atoms with Crippen LogP contribution in [-0.2, 0) is 26.8 Å². The molecule has 2 aromatic carbocycles. The molecule has 1 saturated heterocycles. The molecule has 0 saturated carbocycles. The first-order valence-corrected chi connectivity index (χ1v) is 14.5. The highest BCUT2D eigenvalue weighted by Gasteiger charge is 2.50. The number of benzene rings is 2. The number of hydrazine groups is 1. The highest BCUT2D eigenvalue weighted by molar-refractivity contribution is 7.94. The maximum atomic E-state index is 13.5. The van der Waals surface area contributed by atoms with Crippen LogP contribution in [0, 0.1) is 11.8 Å². The van der Waals surface area contributed by atoms with Crippen LogP contribution < -0.4 is 20.9 Å². The second kappa shape index (κ2) is 11.3. The minimum absolute atomic E-state index is 0.177. The van der Waals surface area contributed by atoms with Gasteiger partial charge in [-0.3, -0.25) is 14.5 Å². The van der Waals surface area contributed by atoms with Gasteiger partial charge in [-0.1, -0.05) is 36.3 Å². The van der Waals surface area contributed by atoms with Crippen LogP contribution >= 0.6 is 0 Å². The number of carbonyl (C=O) groups is 2. The highest BCUT2D eigenvalue weighted by Crippen LogP contribution is 2.48.